The van der Waals surface area contributed by atoms with E-state index in [1.54, 1.807) is 0 Å². The molecule has 1 heteroatoms. The monoisotopic (exact) mass is 211 g/mol. The average Bonchev–Trinajstić information content (AvgIpc) is 2.29. The molecule has 1 rings (SSSR count). The van der Waals surface area contributed by atoms with Gasteiger partial charge in [-0.3, -0.25) is 0 Å². The summed E-state index contributed by atoms with van der Waals surface area (Å²) in [7, 11) is 0. The van der Waals surface area contributed by atoms with Crippen LogP contribution >= 0.6 is 0 Å². The van der Waals surface area contributed by atoms with Crippen LogP contribution in [0.5, 0.6) is 0 Å². The zero-order chi connectivity index (χ0) is 10.8. The van der Waals surface area contributed by atoms with Gasteiger partial charge in [0.05, 0.1) is 0 Å². The molecule has 0 aromatic rings. The molecule has 1 heterocycles. The van der Waals surface area contributed by atoms with Gasteiger partial charge in [-0.25, -0.2) is 0 Å². The molecule has 0 atom stereocenters. The van der Waals surface area contributed by atoms with Crippen LogP contribution in [0.25, 0.3) is 0 Å². The van der Waals surface area contributed by atoms with Crippen molar-refractivity contribution in [3.63, 3.8) is 0 Å². The van der Waals surface area contributed by atoms with Crippen LogP contribution in [-0.2, 0) is 0 Å². The van der Waals surface area contributed by atoms with E-state index in [-0.39, 0.29) is 0 Å². The van der Waals surface area contributed by atoms with E-state index < -0.39 is 0 Å². The third-order valence-electron chi connectivity index (χ3n) is 3.67. The van der Waals surface area contributed by atoms with Crippen LogP contribution in [0.15, 0.2) is 0 Å². The molecule has 1 nitrogen and oxygen atoms in total. The van der Waals surface area contributed by atoms with Crippen LogP contribution in [-0.4, -0.2) is 13.1 Å². The van der Waals surface area contributed by atoms with Crippen LogP contribution in [0.2, 0.25) is 0 Å². The minimum absolute atomic E-state index is 1.04. The molecule has 0 bridgehead atoms. The van der Waals surface area contributed by atoms with Crippen molar-refractivity contribution in [1.29, 1.82) is 0 Å². The molecule has 1 saturated heterocycles. The van der Waals surface area contributed by atoms with Gasteiger partial charge in [-0.2, -0.15) is 0 Å². The van der Waals surface area contributed by atoms with E-state index in [1.165, 1.54) is 77.3 Å². The predicted octanol–water partition coefficient (Wildman–Crippen LogP) is 4.13. The van der Waals surface area contributed by atoms with E-state index in [2.05, 4.69) is 12.2 Å². The van der Waals surface area contributed by atoms with Crippen LogP contribution < -0.4 is 5.32 Å². The summed E-state index contributed by atoms with van der Waals surface area (Å²) >= 11 is 0. The average molecular weight is 211 g/mol. The van der Waals surface area contributed by atoms with Gasteiger partial charge < -0.3 is 5.32 Å². The number of unbranched alkanes of at least 4 members (excludes halogenated alkanes) is 6. The predicted molar refractivity (Wildman–Crippen MR) is 68.2 cm³/mol. The van der Waals surface area contributed by atoms with Crippen molar-refractivity contribution < 1.29 is 0 Å². The van der Waals surface area contributed by atoms with E-state index in [0.29, 0.717) is 0 Å². The van der Waals surface area contributed by atoms with Crippen LogP contribution in [0, 0.1) is 5.92 Å². The first kappa shape index (κ1) is 13.0. The molecule has 1 N–H and O–H groups in total. The lowest BCUT2D eigenvalue weighted by Crippen LogP contribution is -2.27. The van der Waals surface area contributed by atoms with Crippen LogP contribution in [0.4, 0.5) is 0 Å². The Bertz CT molecular complexity index is 127. The van der Waals surface area contributed by atoms with Gasteiger partial charge in [-0.05, 0) is 31.8 Å². The highest BCUT2D eigenvalue weighted by atomic mass is 14.9. The number of piperidine rings is 1. The van der Waals surface area contributed by atoms with Gasteiger partial charge in [0.15, 0.2) is 0 Å². The Morgan fingerprint density at radius 3 is 2.13 bits per heavy atom. The highest BCUT2D eigenvalue weighted by Gasteiger charge is 2.11. The summed E-state index contributed by atoms with van der Waals surface area (Å²) < 4.78 is 0. The lowest BCUT2D eigenvalue weighted by atomic mass is 9.92. The summed E-state index contributed by atoms with van der Waals surface area (Å²) in [5.41, 5.74) is 0. The van der Waals surface area contributed by atoms with Gasteiger partial charge in [0.2, 0.25) is 0 Å². The maximum absolute atomic E-state index is 3.44. The molecule has 1 aliphatic rings. The first-order valence-electron chi connectivity index (χ1n) is 7.14. The molecule has 1 aliphatic heterocycles. The standard InChI is InChI=1S/C14H29N/c1-2-3-4-5-6-7-8-9-14-10-12-15-13-11-14/h14-15H,2-13H2,1H3. The lowest BCUT2D eigenvalue weighted by molar-refractivity contribution is 0.342. The highest BCUT2D eigenvalue weighted by molar-refractivity contribution is 4.68. The molecule has 0 amide bonds. The summed E-state index contributed by atoms with van der Waals surface area (Å²) in [6.07, 6.45) is 14.5. The Kier molecular flexibility index (Phi) is 7.99. The molecular formula is C14H29N. The molecule has 0 radical (unpaired) electrons. The fourth-order valence-corrected chi connectivity index (χ4v) is 2.56. The smallest absolute Gasteiger partial charge is 0.00463 e. The molecule has 15 heavy (non-hydrogen) atoms. The number of rotatable bonds is 8. The fourth-order valence-electron chi connectivity index (χ4n) is 2.56. The highest BCUT2D eigenvalue weighted by Crippen LogP contribution is 2.19. The number of hydrogen-bond donors (Lipinski definition) is 1. The molecule has 0 aromatic heterocycles. The molecular weight excluding hydrogens is 182 g/mol. The number of nitrogens with one attached hydrogen (secondary N) is 1. The van der Waals surface area contributed by atoms with Gasteiger partial charge in [-0.1, -0.05) is 58.3 Å². The van der Waals surface area contributed by atoms with Crippen molar-refractivity contribution in [1.82, 2.24) is 5.32 Å². The van der Waals surface area contributed by atoms with Crippen molar-refractivity contribution >= 4 is 0 Å². The molecule has 0 saturated carbocycles. The summed E-state index contributed by atoms with van der Waals surface area (Å²) in [5, 5.41) is 3.44. The third-order valence-corrected chi connectivity index (χ3v) is 3.67. The SMILES string of the molecule is CCCCCCCCCC1CCNCC1. The van der Waals surface area contributed by atoms with Gasteiger partial charge in [0.1, 0.15) is 0 Å². The van der Waals surface area contributed by atoms with Gasteiger partial charge in [-0.15, -0.1) is 0 Å². The summed E-state index contributed by atoms with van der Waals surface area (Å²) in [6.45, 7) is 4.82. The largest absolute Gasteiger partial charge is 0.317 e. The Balaban J connectivity index is 1.79. The van der Waals surface area contributed by atoms with Crippen molar-refractivity contribution in [2.45, 2.75) is 71.1 Å². The molecule has 0 unspecified atom stereocenters. The second-order valence-corrected chi connectivity index (χ2v) is 5.10. The normalized spacial score (nSPS) is 18.2. The first-order chi connectivity index (χ1) is 7.43. The minimum Gasteiger partial charge on any atom is -0.317 e. The second-order valence-electron chi connectivity index (χ2n) is 5.10. The van der Waals surface area contributed by atoms with Crippen molar-refractivity contribution in [2.75, 3.05) is 13.1 Å². The minimum atomic E-state index is 1.04. The maximum Gasteiger partial charge on any atom is -0.00463 e. The molecule has 0 aliphatic carbocycles. The topological polar surface area (TPSA) is 12.0 Å². The molecule has 1 fully saturated rings. The quantitative estimate of drug-likeness (QED) is 0.595. The molecule has 0 spiro atoms. The fraction of sp³-hybridized carbons (Fsp3) is 1.00. The van der Waals surface area contributed by atoms with Crippen LogP contribution in [0.1, 0.15) is 71.1 Å². The van der Waals surface area contributed by atoms with Crippen molar-refractivity contribution in [3.05, 3.63) is 0 Å². The zero-order valence-corrected chi connectivity index (χ0v) is 10.6. The van der Waals surface area contributed by atoms with Gasteiger partial charge in [0.25, 0.3) is 0 Å². The Labute approximate surface area is 96.0 Å². The Morgan fingerprint density at radius 2 is 1.47 bits per heavy atom. The number of hydrogen-bond acceptors (Lipinski definition) is 1. The zero-order valence-electron chi connectivity index (χ0n) is 10.6. The Morgan fingerprint density at radius 1 is 0.867 bits per heavy atom. The summed E-state index contributed by atoms with van der Waals surface area (Å²) in [6, 6.07) is 0. The van der Waals surface area contributed by atoms with E-state index in [9.17, 15) is 0 Å². The summed E-state index contributed by atoms with van der Waals surface area (Å²) in [5.74, 6) is 1.04. The maximum atomic E-state index is 3.44. The van der Waals surface area contributed by atoms with Crippen molar-refractivity contribution in [2.24, 2.45) is 5.92 Å². The molecule has 90 valence electrons. The molecule has 0 aromatic carbocycles. The van der Waals surface area contributed by atoms with Gasteiger partial charge in [0, 0.05) is 0 Å². The first-order valence-corrected chi connectivity index (χ1v) is 7.14. The Hall–Kier alpha value is -0.0400. The third kappa shape index (κ3) is 6.94. The van der Waals surface area contributed by atoms with E-state index in [0.717, 1.165) is 5.92 Å². The van der Waals surface area contributed by atoms with E-state index >= 15 is 0 Å². The second kappa shape index (κ2) is 9.21. The van der Waals surface area contributed by atoms with E-state index in [4.69, 9.17) is 0 Å². The lowest BCUT2D eigenvalue weighted by Gasteiger charge is -2.22. The van der Waals surface area contributed by atoms with Crippen molar-refractivity contribution in [3.8, 4) is 0 Å². The van der Waals surface area contributed by atoms with Gasteiger partial charge >= 0.3 is 0 Å². The van der Waals surface area contributed by atoms with Crippen LogP contribution in [0.3, 0.4) is 0 Å². The van der Waals surface area contributed by atoms with E-state index in [1.807, 2.05) is 0 Å². The summed E-state index contributed by atoms with van der Waals surface area (Å²) in [4.78, 5) is 0.